The first-order chi connectivity index (χ1) is 12.1. The first kappa shape index (κ1) is 16.4. The molecule has 5 nitrogen and oxygen atoms in total. The molecule has 6 heteroatoms. The maximum atomic E-state index is 12.6. The second-order valence-electron chi connectivity index (χ2n) is 6.85. The Labute approximate surface area is 152 Å². The van der Waals surface area contributed by atoms with Gasteiger partial charge in [0.05, 0.1) is 11.9 Å². The highest BCUT2D eigenvalue weighted by atomic mass is 35.5. The number of nitrogens with two attached hydrogens (primary N) is 1. The first-order valence-electron chi connectivity index (χ1n) is 8.65. The summed E-state index contributed by atoms with van der Waals surface area (Å²) in [7, 11) is 0. The van der Waals surface area contributed by atoms with Gasteiger partial charge >= 0.3 is 6.03 Å². The zero-order chi connectivity index (χ0) is 17.4. The number of fused-ring (bicyclic) bond motifs is 2. The van der Waals surface area contributed by atoms with E-state index in [4.69, 9.17) is 17.3 Å². The number of nitrogens with zero attached hydrogens (tertiary/aromatic N) is 2. The lowest BCUT2D eigenvalue weighted by atomic mass is 9.92. The standard InChI is InChI=1S/C19H21ClN4O/c20-15-2-1-13-11-24(6-5-12(13)7-15)19(25)23-17-9-14-8-16(21)3-4-18(14)22-10-17/h1-2,7,9-10,16H,3-6,8,11,21H2,(H,23,25). The smallest absolute Gasteiger partial charge is 0.322 e. The number of rotatable bonds is 1. The number of halogens is 1. The molecule has 0 fully saturated rings. The second-order valence-corrected chi connectivity index (χ2v) is 7.28. The summed E-state index contributed by atoms with van der Waals surface area (Å²) in [6.45, 7) is 1.28. The maximum absolute atomic E-state index is 12.6. The van der Waals surface area contributed by atoms with E-state index in [1.807, 2.05) is 29.2 Å². The summed E-state index contributed by atoms with van der Waals surface area (Å²) in [5.41, 5.74) is 11.4. The molecule has 1 aromatic carbocycles. The van der Waals surface area contributed by atoms with Gasteiger partial charge in [-0.2, -0.15) is 0 Å². The lowest BCUT2D eigenvalue weighted by molar-refractivity contribution is 0.206. The molecule has 0 spiro atoms. The average Bonchev–Trinajstić information content (AvgIpc) is 2.60. The monoisotopic (exact) mass is 356 g/mol. The molecule has 0 saturated heterocycles. The fourth-order valence-corrected chi connectivity index (χ4v) is 3.81. The van der Waals surface area contributed by atoms with Crippen molar-refractivity contribution in [1.82, 2.24) is 9.88 Å². The van der Waals surface area contributed by atoms with Crippen molar-refractivity contribution in [1.29, 1.82) is 0 Å². The van der Waals surface area contributed by atoms with Crippen LogP contribution in [0.3, 0.4) is 0 Å². The van der Waals surface area contributed by atoms with Gasteiger partial charge in [-0.3, -0.25) is 4.98 Å². The van der Waals surface area contributed by atoms with Crippen LogP contribution in [-0.4, -0.2) is 28.5 Å². The van der Waals surface area contributed by atoms with Crippen molar-refractivity contribution in [2.45, 2.75) is 38.3 Å². The molecule has 25 heavy (non-hydrogen) atoms. The van der Waals surface area contributed by atoms with Crippen molar-refractivity contribution >= 4 is 23.3 Å². The van der Waals surface area contributed by atoms with Crippen LogP contribution in [0.25, 0.3) is 0 Å². The van der Waals surface area contributed by atoms with Gasteiger partial charge in [-0.1, -0.05) is 17.7 Å². The molecule has 1 aliphatic heterocycles. The van der Waals surface area contributed by atoms with Gasteiger partial charge < -0.3 is 16.0 Å². The van der Waals surface area contributed by atoms with Crippen LogP contribution in [0.5, 0.6) is 0 Å². The van der Waals surface area contributed by atoms with Gasteiger partial charge in [-0.15, -0.1) is 0 Å². The molecule has 1 atom stereocenters. The van der Waals surface area contributed by atoms with Crippen LogP contribution in [0, 0.1) is 0 Å². The predicted octanol–water partition coefficient (Wildman–Crippen LogP) is 3.14. The molecule has 2 heterocycles. The maximum Gasteiger partial charge on any atom is 0.322 e. The Hall–Kier alpha value is -2.11. The molecule has 2 amide bonds. The molecule has 1 unspecified atom stereocenters. The Morgan fingerprint density at radius 3 is 3.00 bits per heavy atom. The lowest BCUT2D eigenvalue weighted by Crippen LogP contribution is -2.39. The Morgan fingerprint density at radius 1 is 1.24 bits per heavy atom. The quantitative estimate of drug-likeness (QED) is 0.824. The van der Waals surface area contributed by atoms with E-state index in [0.29, 0.717) is 13.1 Å². The molecule has 2 aliphatic rings. The minimum atomic E-state index is -0.0949. The van der Waals surface area contributed by atoms with E-state index in [1.54, 1.807) is 6.20 Å². The zero-order valence-electron chi connectivity index (χ0n) is 14.0. The van der Waals surface area contributed by atoms with Crippen LogP contribution in [0.1, 0.15) is 28.8 Å². The number of nitrogens with one attached hydrogen (secondary N) is 1. The number of benzene rings is 1. The number of amides is 2. The summed E-state index contributed by atoms with van der Waals surface area (Å²) in [6, 6.07) is 7.96. The number of hydrogen-bond acceptors (Lipinski definition) is 3. The van der Waals surface area contributed by atoms with E-state index < -0.39 is 0 Å². The highest BCUT2D eigenvalue weighted by Gasteiger charge is 2.22. The van der Waals surface area contributed by atoms with E-state index in [-0.39, 0.29) is 12.1 Å². The minimum absolute atomic E-state index is 0.0949. The summed E-state index contributed by atoms with van der Waals surface area (Å²) >= 11 is 6.04. The van der Waals surface area contributed by atoms with Crippen LogP contribution >= 0.6 is 11.6 Å². The van der Waals surface area contributed by atoms with E-state index in [1.165, 1.54) is 5.56 Å². The summed E-state index contributed by atoms with van der Waals surface area (Å²) in [4.78, 5) is 18.9. The number of pyridine rings is 1. The van der Waals surface area contributed by atoms with Crippen molar-refractivity contribution in [3.8, 4) is 0 Å². The van der Waals surface area contributed by atoms with Gasteiger partial charge in [-0.05, 0) is 60.6 Å². The third-order valence-corrected chi connectivity index (χ3v) is 5.25. The van der Waals surface area contributed by atoms with E-state index in [0.717, 1.165) is 53.2 Å². The Kier molecular flexibility index (Phi) is 4.36. The lowest BCUT2D eigenvalue weighted by Gasteiger charge is -2.29. The van der Waals surface area contributed by atoms with Gasteiger partial charge in [0, 0.05) is 29.8 Å². The van der Waals surface area contributed by atoms with Gasteiger partial charge in [-0.25, -0.2) is 4.79 Å². The fourth-order valence-electron chi connectivity index (χ4n) is 3.61. The third kappa shape index (κ3) is 3.48. The van der Waals surface area contributed by atoms with Gasteiger partial charge in [0.2, 0.25) is 0 Å². The van der Waals surface area contributed by atoms with Gasteiger partial charge in [0.15, 0.2) is 0 Å². The van der Waals surface area contributed by atoms with Crippen LogP contribution in [0.2, 0.25) is 5.02 Å². The van der Waals surface area contributed by atoms with Crippen molar-refractivity contribution in [2.75, 3.05) is 11.9 Å². The summed E-state index contributed by atoms with van der Waals surface area (Å²) in [5, 5.41) is 3.72. The first-order valence-corrected chi connectivity index (χ1v) is 9.03. The summed E-state index contributed by atoms with van der Waals surface area (Å²) in [5.74, 6) is 0. The highest BCUT2D eigenvalue weighted by Crippen LogP contribution is 2.24. The number of hydrogen-bond donors (Lipinski definition) is 2. The molecule has 0 saturated carbocycles. The largest absolute Gasteiger partial charge is 0.327 e. The molecule has 1 aromatic heterocycles. The molecular weight excluding hydrogens is 336 g/mol. The van der Waals surface area contributed by atoms with E-state index in [9.17, 15) is 4.79 Å². The minimum Gasteiger partial charge on any atom is -0.327 e. The van der Waals surface area contributed by atoms with Crippen molar-refractivity contribution in [3.05, 3.63) is 57.9 Å². The number of anilines is 1. The molecular formula is C19H21ClN4O. The van der Waals surface area contributed by atoms with Crippen LogP contribution in [0.4, 0.5) is 10.5 Å². The number of urea groups is 1. The Balaban J connectivity index is 1.46. The van der Waals surface area contributed by atoms with E-state index >= 15 is 0 Å². The Morgan fingerprint density at radius 2 is 2.12 bits per heavy atom. The number of carbonyl (C=O) groups is 1. The topological polar surface area (TPSA) is 71.2 Å². The third-order valence-electron chi connectivity index (χ3n) is 5.01. The van der Waals surface area contributed by atoms with Gasteiger partial charge in [0.25, 0.3) is 0 Å². The molecule has 3 N–H and O–H groups in total. The van der Waals surface area contributed by atoms with Crippen molar-refractivity contribution < 1.29 is 4.79 Å². The molecule has 2 aromatic rings. The predicted molar refractivity (Wildman–Crippen MR) is 98.8 cm³/mol. The molecule has 0 bridgehead atoms. The van der Waals surface area contributed by atoms with Crippen LogP contribution in [0.15, 0.2) is 30.5 Å². The SMILES string of the molecule is NC1CCc2ncc(NC(=O)N3CCc4cc(Cl)ccc4C3)cc2C1. The molecule has 4 rings (SSSR count). The van der Waals surface area contributed by atoms with Gasteiger partial charge in [0.1, 0.15) is 0 Å². The number of aromatic nitrogens is 1. The summed E-state index contributed by atoms with van der Waals surface area (Å²) in [6.07, 6.45) is 5.27. The van der Waals surface area contributed by atoms with Crippen LogP contribution in [-0.2, 0) is 25.8 Å². The number of carbonyl (C=O) groups excluding carboxylic acids is 1. The average molecular weight is 357 g/mol. The van der Waals surface area contributed by atoms with Crippen molar-refractivity contribution in [3.63, 3.8) is 0 Å². The summed E-state index contributed by atoms with van der Waals surface area (Å²) < 4.78 is 0. The fraction of sp³-hybridized carbons (Fsp3) is 0.368. The Bertz CT molecular complexity index is 823. The normalized spacial score (nSPS) is 19.1. The second kappa shape index (κ2) is 6.65. The number of aryl methyl sites for hydroxylation is 1. The molecule has 1 aliphatic carbocycles. The van der Waals surface area contributed by atoms with E-state index in [2.05, 4.69) is 10.3 Å². The highest BCUT2D eigenvalue weighted by molar-refractivity contribution is 6.30. The zero-order valence-corrected chi connectivity index (χ0v) is 14.7. The molecule has 130 valence electrons. The molecule has 0 radical (unpaired) electrons. The van der Waals surface area contributed by atoms with Crippen LogP contribution < -0.4 is 11.1 Å². The van der Waals surface area contributed by atoms with Crippen molar-refractivity contribution in [2.24, 2.45) is 5.73 Å².